The van der Waals surface area contributed by atoms with Crippen molar-refractivity contribution in [3.05, 3.63) is 59.2 Å². The molecule has 2 N–H and O–H groups in total. The van der Waals surface area contributed by atoms with E-state index in [1.165, 1.54) is 30.6 Å². The van der Waals surface area contributed by atoms with Gasteiger partial charge in [-0.2, -0.15) is 0 Å². The van der Waals surface area contributed by atoms with E-state index in [-0.39, 0.29) is 5.91 Å². The number of anilines is 2. The van der Waals surface area contributed by atoms with Gasteiger partial charge in [-0.15, -0.1) is 10.2 Å². The van der Waals surface area contributed by atoms with Crippen LogP contribution in [0.2, 0.25) is 0 Å². The van der Waals surface area contributed by atoms with Gasteiger partial charge in [0.15, 0.2) is 0 Å². The Bertz CT molecular complexity index is 925. The third-order valence-corrected chi connectivity index (χ3v) is 5.44. The highest BCUT2D eigenvalue weighted by Crippen LogP contribution is 2.24. The third-order valence-electron chi connectivity index (χ3n) is 4.83. The highest BCUT2D eigenvalue weighted by atomic mass is 32.1. The fraction of sp³-hybridized carbons (Fsp3) is 0.333. The molecule has 1 amide bonds. The molecular weight excluding hydrogens is 386 g/mol. The van der Waals surface area contributed by atoms with E-state index in [1.54, 1.807) is 23.8 Å². The number of aromatic nitrogens is 3. The summed E-state index contributed by atoms with van der Waals surface area (Å²) in [6, 6.07) is 11.7. The van der Waals surface area contributed by atoms with Crippen molar-refractivity contribution in [2.75, 3.05) is 10.6 Å². The lowest BCUT2D eigenvalue weighted by Gasteiger charge is -2.23. The molecule has 1 aliphatic carbocycles. The molecule has 0 atom stereocenters. The quantitative estimate of drug-likeness (QED) is 0.597. The number of amides is 1. The fourth-order valence-corrected chi connectivity index (χ4v) is 3.77. The number of hydrogen-bond donors (Lipinski definition) is 2. The summed E-state index contributed by atoms with van der Waals surface area (Å²) >= 11 is 1.27. The van der Waals surface area contributed by atoms with Gasteiger partial charge in [-0.25, -0.2) is 4.98 Å². The third kappa shape index (κ3) is 5.51. The number of pyridine rings is 1. The summed E-state index contributed by atoms with van der Waals surface area (Å²) in [4.78, 5) is 16.5. The van der Waals surface area contributed by atoms with Crippen molar-refractivity contribution < 1.29 is 9.53 Å². The van der Waals surface area contributed by atoms with Crippen molar-refractivity contribution in [3.63, 3.8) is 0 Å². The zero-order valence-corrected chi connectivity index (χ0v) is 16.8. The van der Waals surface area contributed by atoms with Crippen LogP contribution in [-0.4, -0.2) is 27.2 Å². The zero-order chi connectivity index (χ0) is 19.9. The van der Waals surface area contributed by atoms with E-state index >= 15 is 0 Å². The minimum atomic E-state index is -0.256. The molecule has 29 heavy (non-hydrogen) atoms. The molecule has 0 spiro atoms. The van der Waals surface area contributed by atoms with Crippen LogP contribution in [0.1, 0.15) is 48.0 Å². The van der Waals surface area contributed by atoms with Gasteiger partial charge in [-0.3, -0.25) is 10.1 Å². The number of carbonyl (C=O) groups is 1. The average Bonchev–Trinajstić information content (AvgIpc) is 3.27. The van der Waals surface area contributed by atoms with Gasteiger partial charge < -0.3 is 10.1 Å². The first kappa shape index (κ1) is 19.3. The van der Waals surface area contributed by atoms with Crippen molar-refractivity contribution in [1.29, 1.82) is 0 Å². The SMILES string of the molecule is O=C(Nc1nncs1)c1ccc(NCc2cccc(OC3CCCCC3)c2)nc1. The molecular formula is C21H23N5O2S. The largest absolute Gasteiger partial charge is 0.490 e. The van der Waals surface area contributed by atoms with Crippen molar-refractivity contribution in [2.45, 2.75) is 44.8 Å². The predicted molar refractivity (Wildman–Crippen MR) is 113 cm³/mol. The van der Waals surface area contributed by atoms with E-state index < -0.39 is 0 Å². The lowest BCUT2D eigenvalue weighted by Crippen LogP contribution is -2.19. The second-order valence-corrected chi connectivity index (χ2v) is 7.84. The molecule has 7 nitrogen and oxygen atoms in total. The van der Waals surface area contributed by atoms with Gasteiger partial charge >= 0.3 is 0 Å². The Morgan fingerprint density at radius 3 is 2.83 bits per heavy atom. The Balaban J connectivity index is 1.30. The summed E-state index contributed by atoms with van der Waals surface area (Å²) in [5.74, 6) is 1.37. The summed E-state index contributed by atoms with van der Waals surface area (Å²) < 4.78 is 6.14. The Morgan fingerprint density at radius 1 is 1.17 bits per heavy atom. The van der Waals surface area contributed by atoms with Crippen LogP contribution < -0.4 is 15.4 Å². The molecule has 3 aromatic rings. The van der Waals surface area contributed by atoms with Crippen LogP contribution in [-0.2, 0) is 6.54 Å². The molecule has 0 aliphatic heterocycles. The average molecular weight is 410 g/mol. The van der Waals surface area contributed by atoms with Crippen LogP contribution in [0, 0.1) is 0 Å². The first-order chi connectivity index (χ1) is 14.3. The molecule has 0 saturated heterocycles. The molecule has 1 saturated carbocycles. The molecule has 150 valence electrons. The number of nitrogens with zero attached hydrogens (tertiary/aromatic N) is 3. The van der Waals surface area contributed by atoms with Crippen LogP contribution >= 0.6 is 11.3 Å². The minimum absolute atomic E-state index is 0.256. The molecule has 1 aliphatic rings. The Kier molecular flexibility index (Phi) is 6.31. The van der Waals surface area contributed by atoms with E-state index in [0.717, 1.165) is 24.2 Å². The lowest BCUT2D eigenvalue weighted by atomic mass is 9.98. The number of benzene rings is 1. The van der Waals surface area contributed by atoms with Gasteiger partial charge in [0, 0.05) is 12.7 Å². The molecule has 8 heteroatoms. The fourth-order valence-electron chi connectivity index (χ4n) is 3.33. The highest BCUT2D eigenvalue weighted by Gasteiger charge is 2.15. The van der Waals surface area contributed by atoms with Gasteiger partial charge in [-0.05, 0) is 55.5 Å². The molecule has 0 bridgehead atoms. The molecule has 2 aromatic heterocycles. The normalized spacial score (nSPS) is 14.3. The van der Waals surface area contributed by atoms with E-state index in [4.69, 9.17) is 4.74 Å². The van der Waals surface area contributed by atoms with E-state index in [0.29, 0.717) is 29.2 Å². The van der Waals surface area contributed by atoms with Crippen LogP contribution in [0.25, 0.3) is 0 Å². The van der Waals surface area contributed by atoms with Gasteiger partial charge in [0.2, 0.25) is 5.13 Å². The van der Waals surface area contributed by atoms with Crippen LogP contribution in [0.5, 0.6) is 5.75 Å². The standard InChI is InChI=1S/C21H23N5O2S/c27-20(25-21-26-24-14-29-21)16-9-10-19(23-13-16)22-12-15-5-4-8-18(11-15)28-17-6-2-1-3-7-17/h4-5,8-11,13-14,17H,1-3,6-7,12H2,(H,22,23)(H,25,26,27). The number of ether oxygens (including phenoxy) is 1. The maximum Gasteiger partial charge on any atom is 0.259 e. The predicted octanol–water partition coefficient (Wildman–Crippen LogP) is 4.51. The van der Waals surface area contributed by atoms with Crippen LogP contribution in [0.3, 0.4) is 0 Å². The van der Waals surface area contributed by atoms with E-state index in [9.17, 15) is 4.79 Å². The number of hydrogen-bond acceptors (Lipinski definition) is 7. The van der Waals surface area contributed by atoms with Gasteiger partial charge in [0.05, 0.1) is 11.7 Å². The van der Waals surface area contributed by atoms with E-state index in [2.05, 4.69) is 37.9 Å². The first-order valence-corrected chi connectivity index (χ1v) is 10.7. The summed E-state index contributed by atoms with van der Waals surface area (Å²) in [6.07, 6.45) is 8.00. The summed E-state index contributed by atoms with van der Waals surface area (Å²) in [5, 5.41) is 13.9. The highest BCUT2D eigenvalue weighted by molar-refractivity contribution is 7.13. The topological polar surface area (TPSA) is 89.0 Å². The maximum absolute atomic E-state index is 12.2. The van der Waals surface area contributed by atoms with Crippen molar-refractivity contribution in [2.24, 2.45) is 0 Å². The zero-order valence-electron chi connectivity index (χ0n) is 16.0. The molecule has 1 aromatic carbocycles. The summed E-state index contributed by atoms with van der Waals surface area (Å²) in [7, 11) is 0. The van der Waals surface area contributed by atoms with Crippen LogP contribution in [0.15, 0.2) is 48.1 Å². The first-order valence-electron chi connectivity index (χ1n) is 9.79. The second-order valence-electron chi connectivity index (χ2n) is 7.01. The molecule has 0 unspecified atom stereocenters. The number of rotatable bonds is 7. The maximum atomic E-state index is 12.2. The van der Waals surface area contributed by atoms with Crippen molar-refractivity contribution in [3.8, 4) is 5.75 Å². The monoisotopic (exact) mass is 409 g/mol. The van der Waals surface area contributed by atoms with Crippen molar-refractivity contribution in [1.82, 2.24) is 15.2 Å². The summed E-state index contributed by atoms with van der Waals surface area (Å²) in [5.41, 5.74) is 3.16. The van der Waals surface area contributed by atoms with Gasteiger partial charge in [0.25, 0.3) is 5.91 Å². The van der Waals surface area contributed by atoms with Crippen LogP contribution in [0.4, 0.5) is 10.9 Å². The Labute approximate surface area is 173 Å². The Hall–Kier alpha value is -3.00. The minimum Gasteiger partial charge on any atom is -0.490 e. The van der Waals surface area contributed by atoms with Gasteiger partial charge in [-0.1, -0.05) is 29.9 Å². The van der Waals surface area contributed by atoms with Gasteiger partial charge in [0.1, 0.15) is 17.1 Å². The summed E-state index contributed by atoms with van der Waals surface area (Å²) in [6.45, 7) is 0.630. The number of nitrogens with one attached hydrogen (secondary N) is 2. The molecule has 1 fully saturated rings. The molecule has 4 rings (SSSR count). The van der Waals surface area contributed by atoms with Crippen molar-refractivity contribution >= 4 is 28.2 Å². The molecule has 2 heterocycles. The lowest BCUT2D eigenvalue weighted by molar-refractivity contribution is 0.102. The van der Waals surface area contributed by atoms with E-state index in [1.807, 2.05) is 12.1 Å². The smallest absolute Gasteiger partial charge is 0.259 e. The Morgan fingerprint density at radius 2 is 2.07 bits per heavy atom. The second kappa shape index (κ2) is 9.47. The number of carbonyl (C=O) groups excluding carboxylic acids is 1. The molecule has 0 radical (unpaired) electrons.